The predicted molar refractivity (Wildman–Crippen MR) is 136 cm³/mol. The maximum atomic E-state index is 13.5. The van der Waals surface area contributed by atoms with Crippen molar-refractivity contribution in [2.24, 2.45) is 4.99 Å². The van der Waals surface area contributed by atoms with Crippen LogP contribution in [0.3, 0.4) is 0 Å². The molecule has 1 heterocycles. The smallest absolute Gasteiger partial charge is 0.243 e. The van der Waals surface area contributed by atoms with E-state index in [2.05, 4.69) is 4.99 Å². The number of hydrogen-bond acceptors (Lipinski definition) is 4. The van der Waals surface area contributed by atoms with E-state index in [4.69, 9.17) is 27.6 Å². The minimum absolute atomic E-state index is 0.0131. The number of sulfonamides is 1. The summed E-state index contributed by atoms with van der Waals surface area (Å²) in [6.45, 7) is 1.94. The Balaban J connectivity index is 1.60. The highest BCUT2D eigenvalue weighted by atomic mass is 35.5. The van der Waals surface area contributed by atoms with Gasteiger partial charge >= 0.3 is 0 Å². The number of aryl methyl sites for hydroxylation is 1. The molecule has 180 valence electrons. The molecule has 0 aliphatic rings. The number of furan rings is 1. The Hall–Kier alpha value is -2.97. The van der Waals surface area contributed by atoms with E-state index in [1.807, 2.05) is 6.92 Å². The Morgan fingerprint density at radius 3 is 2.31 bits per heavy atom. The molecule has 1 aromatic heterocycles. The summed E-state index contributed by atoms with van der Waals surface area (Å²) in [5.74, 6) is 0.522. The van der Waals surface area contributed by atoms with Crippen molar-refractivity contribution < 1.29 is 17.2 Å². The van der Waals surface area contributed by atoms with Crippen molar-refractivity contribution in [1.82, 2.24) is 4.31 Å². The Bertz CT molecular complexity index is 1450. The van der Waals surface area contributed by atoms with Crippen LogP contribution in [0.2, 0.25) is 10.0 Å². The Morgan fingerprint density at radius 1 is 0.914 bits per heavy atom. The molecule has 35 heavy (non-hydrogen) atoms. The molecule has 0 atom stereocenters. The number of aliphatic imine (C=N–C) groups is 1. The molecule has 0 unspecified atom stereocenters. The molecule has 0 N–H and O–H groups in total. The number of nitrogens with zero attached hydrogens (tertiary/aromatic N) is 2. The van der Waals surface area contributed by atoms with Crippen LogP contribution >= 0.6 is 23.2 Å². The van der Waals surface area contributed by atoms with E-state index in [9.17, 15) is 12.8 Å². The van der Waals surface area contributed by atoms with Crippen LogP contribution in [0.1, 0.15) is 22.6 Å². The van der Waals surface area contributed by atoms with E-state index in [1.165, 1.54) is 22.7 Å². The van der Waals surface area contributed by atoms with E-state index < -0.39 is 10.0 Å². The summed E-state index contributed by atoms with van der Waals surface area (Å²) in [6, 6.07) is 20.8. The summed E-state index contributed by atoms with van der Waals surface area (Å²) in [7, 11) is -3.86. The first-order valence-corrected chi connectivity index (χ1v) is 12.8. The second-order valence-electron chi connectivity index (χ2n) is 7.87. The summed E-state index contributed by atoms with van der Waals surface area (Å²) < 4.78 is 47.2. The van der Waals surface area contributed by atoms with Crippen LogP contribution in [-0.2, 0) is 23.1 Å². The molecule has 9 heteroatoms. The van der Waals surface area contributed by atoms with Gasteiger partial charge in [0, 0.05) is 6.54 Å². The maximum Gasteiger partial charge on any atom is 0.243 e. The zero-order chi connectivity index (χ0) is 25.0. The molecule has 0 aliphatic carbocycles. The third-order valence-corrected chi connectivity index (χ3v) is 7.73. The lowest BCUT2D eigenvalue weighted by Gasteiger charge is -2.22. The fourth-order valence-corrected chi connectivity index (χ4v) is 5.03. The van der Waals surface area contributed by atoms with E-state index >= 15 is 0 Å². The molecule has 3 aromatic carbocycles. The predicted octanol–water partition coefficient (Wildman–Crippen LogP) is 7.18. The van der Waals surface area contributed by atoms with Gasteiger partial charge in [-0.05, 0) is 73.2 Å². The zero-order valence-electron chi connectivity index (χ0n) is 18.7. The highest BCUT2D eigenvalue weighted by molar-refractivity contribution is 7.89. The van der Waals surface area contributed by atoms with Gasteiger partial charge in [0.25, 0.3) is 0 Å². The van der Waals surface area contributed by atoms with Gasteiger partial charge in [-0.2, -0.15) is 4.31 Å². The average Bonchev–Trinajstić information content (AvgIpc) is 3.28. The highest BCUT2D eigenvalue weighted by Crippen LogP contribution is 2.26. The fraction of sp³-hybridized carbons (Fsp3) is 0.115. The maximum absolute atomic E-state index is 13.5. The lowest BCUT2D eigenvalue weighted by atomic mass is 10.2. The summed E-state index contributed by atoms with van der Waals surface area (Å²) in [4.78, 5) is 4.43. The largest absolute Gasteiger partial charge is 0.459 e. The quantitative estimate of drug-likeness (QED) is 0.226. The second kappa shape index (κ2) is 10.7. The second-order valence-corrected chi connectivity index (χ2v) is 10.6. The number of halogens is 3. The van der Waals surface area contributed by atoms with Crippen molar-refractivity contribution in [2.45, 2.75) is 24.9 Å². The first-order chi connectivity index (χ1) is 16.7. The molecule has 0 aliphatic heterocycles. The normalized spacial score (nSPS) is 12.0. The Labute approximate surface area is 213 Å². The lowest BCUT2D eigenvalue weighted by Crippen LogP contribution is -2.30. The van der Waals surface area contributed by atoms with Crippen molar-refractivity contribution in [3.8, 4) is 0 Å². The molecule has 0 saturated heterocycles. The van der Waals surface area contributed by atoms with E-state index in [0.29, 0.717) is 32.8 Å². The average molecular weight is 531 g/mol. The van der Waals surface area contributed by atoms with Crippen LogP contribution in [0.4, 0.5) is 10.1 Å². The van der Waals surface area contributed by atoms with Crippen molar-refractivity contribution >= 4 is 45.1 Å². The van der Waals surface area contributed by atoms with E-state index in [1.54, 1.807) is 66.7 Å². The standard InChI is InChI=1S/C26H21Cl2FN2O3S/c1-18-2-11-24(12-3-18)35(32,33)31(16-19-4-13-25(27)26(28)14-19)17-23-10-9-22(34-23)15-30-21-7-5-20(29)6-8-21/h2-15H,16-17H2,1H3. The van der Waals surface area contributed by atoms with Gasteiger partial charge in [-0.1, -0.05) is 47.0 Å². The van der Waals surface area contributed by atoms with Gasteiger partial charge < -0.3 is 4.42 Å². The topological polar surface area (TPSA) is 62.9 Å². The molecule has 0 saturated carbocycles. The van der Waals surface area contributed by atoms with Crippen molar-refractivity contribution in [3.05, 3.63) is 117 Å². The lowest BCUT2D eigenvalue weighted by molar-refractivity contribution is 0.357. The van der Waals surface area contributed by atoms with Gasteiger partial charge in [0.15, 0.2) is 0 Å². The van der Waals surface area contributed by atoms with Crippen LogP contribution in [0.5, 0.6) is 0 Å². The minimum Gasteiger partial charge on any atom is -0.459 e. The van der Waals surface area contributed by atoms with Gasteiger partial charge in [0.05, 0.1) is 33.4 Å². The summed E-state index contributed by atoms with van der Waals surface area (Å²) in [5, 5.41) is 0.730. The molecule has 0 amide bonds. The molecular weight excluding hydrogens is 510 g/mol. The fourth-order valence-electron chi connectivity index (χ4n) is 3.31. The molecule has 4 aromatic rings. The molecule has 0 bridgehead atoms. The van der Waals surface area contributed by atoms with Crippen LogP contribution in [0.15, 0.2) is 93.2 Å². The van der Waals surface area contributed by atoms with Crippen LogP contribution in [-0.4, -0.2) is 18.9 Å². The molecule has 0 fully saturated rings. The molecular formula is C26H21Cl2FN2O3S. The number of benzene rings is 3. The van der Waals surface area contributed by atoms with E-state index in [-0.39, 0.29) is 23.8 Å². The summed E-state index contributed by atoms with van der Waals surface area (Å²) in [6.07, 6.45) is 1.49. The SMILES string of the molecule is Cc1ccc(S(=O)(=O)N(Cc2ccc(Cl)c(Cl)c2)Cc2ccc(C=Nc3ccc(F)cc3)o2)cc1. The van der Waals surface area contributed by atoms with Gasteiger partial charge in [-0.15, -0.1) is 0 Å². The monoisotopic (exact) mass is 530 g/mol. The van der Waals surface area contributed by atoms with Crippen LogP contribution in [0.25, 0.3) is 0 Å². The summed E-state index contributed by atoms with van der Waals surface area (Å²) in [5.41, 5.74) is 2.20. The van der Waals surface area contributed by atoms with Crippen molar-refractivity contribution in [1.29, 1.82) is 0 Å². The molecule has 5 nitrogen and oxygen atoms in total. The first kappa shape index (κ1) is 25.1. The Morgan fingerprint density at radius 2 is 1.63 bits per heavy atom. The van der Waals surface area contributed by atoms with Crippen LogP contribution < -0.4 is 0 Å². The third kappa shape index (κ3) is 6.38. The first-order valence-electron chi connectivity index (χ1n) is 10.6. The molecule has 4 rings (SSSR count). The Kier molecular flexibility index (Phi) is 7.72. The number of rotatable bonds is 8. The van der Waals surface area contributed by atoms with Gasteiger partial charge in [-0.25, -0.2) is 12.8 Å². The van der Waals surface area contributed by atoms with Gasteiger partial charge in [0.1, 0.15) is 17.3 Å². The van der Waals surface area contributed by atoms with Gasteiger partial charge in [0.2, 0.25) is 10.0 Å². The third-order valence-electron chi connectivity index (χ3n) is 5.18. The van der Waals surface area contributed by atoms with Crippen molar-refractivity contribution in [3.63, 3.8) is 0 Å². The summed E-state index contributed by atoms with van der Waals surface area (Å²) >= 11 is 12.2. The van der Waals surface area contributed by atoms with E-state index in [0.717, 1.165) is 5.56 Å². The highest BCUT2D eigenvalue weighted by Gasteiger charge is 2.26. The molecule has 0 radical (unpaired) electrons. The van der Waals surface area contributed by atoms with Crippen LogP contribution in [0, 0.1) is 12.7 Å². The van der Waals surface area contributed by atoms with Gasteiger partial charge in [-0.3, -0.25) is 4.99 Å². The number of hydrogen-bond donors (Lipinski definition) is 0. The van der Waals surface area contributed by atoms with Crippen molar-refractivity contribution in [2.75, 3.05) is 0 Å². The minimum atomic E-state index is -3.86. The molecule has 0 spiro atoms. The zero-order valence-corrected chi connectivity index (χ0v) is 21.0.